The fraction of sp³-hybridized carbons (Fsp3) is 0.235. The van der Waals surface area contributed by atoms with Crippen molar-refractivity contribution in [2.75, 3.05) is 12.5 Å². The lowest BCUT2D eigenvalue weighted by Crippen LogP contribution is -2.09. The molecule has 0 saturated heterocycles. The number of ketones is 1. The van der Waals surface area contributed by atoms with E-state index in [1.807, 2.05) is 19.1 Å². The Morgan fingerprint density at radius 2 is 1.71 bits per heavy atom. The molecule has 0 N–H and O–H groups in total. The molecule has 2 aromatic rings. The lowest BCUT2D eigenvalue weighted by atomic mass is 9.92. The molecule has 110 valence electrons. The number of alkyl halides is 1. The van der Waals surface area contributed by atoms with Gasteiger partial charge in [-0.25, -0.2) is 0 Å². The quantitative estimate of drug-likeness (QED) is 0.556. The number of Topliss-reactive ketones (excluding diaryl/α,β-unsaturated/α-hetero) is 1. The second-order valence-corrected chi connectivity index (χ2v) is 5.51. The number of benzene rings is 2. The molecule has 0 aromatic heterocycles. The van der Waals surface area contributed by atoms with Gasteiger partial charge >= 0.3 is 0 Å². The standard InChI is InChI=1S/C17H16Cl2O2/c1-12(13-2-6-15(19)7-3-13)17(20)14-4-8-16(9-5-14)21-11-10-18/h2-9,12H,10-11H2,1H3. The smallest absolute Gasteiger partial charge is 0.170 e. The highest BCUT2D eigenvalue weighted by molar-refractivity contribution is 6.30. The van der Waals surface area contributed by atoms with Crippen LogP contribution in [0.1, 0.15) is 28.8 Å². The first-order valence-corrected chi connectivity index (χ1v) is 7.61. The number of carbonyl (C=O) groups excluding carboxylic acids is 1. The Balaban J connectivity index is 2.10. The van der Waals surface area contributed by atoms with Crippen LogP contribution < -0.4 is 4.74 Å². The highest BCUT2D eigenvalue weighted by atomic mass is 35.5. The van der Waals surface area contributed by atoms with E-state index in [4.69, 9.17) is 27.9 Å². The van der Waals surface area contributed by atoms with Crippen LogP contribution in [0, 0.1) is 0 Å². The Labute approximate surface area is 134 Å². The summed E-state index contributed by atoms with van der Waals surface area (Å²) in [6, 6.07) is 14.5. The lowest BCUT2D eigenvalue weighted by molar-refractivity contribution is 0.0966. The van der Waals surface area contributed by atoms with E-state index in [9.17, 15) is 4.79 Å². The van der Waals surface area contributed by atoms with E-state index in [0.29, 0.717) is 28.8 Å². The van der Waals surface area contributed by atoms with Gasteiger partial charge in [-0.05, 0) is 42.0 Å². The molecule has 0 heterocycles. The Bertz CT molecular complexity index is 591. The van der Waals surface area contributed by atoms with Gasteiger partial charge in [0, 0.05) is 16.5 Å². The highest BCUT2D eigenvalue weighted by Gasteiger charge is 2.17. The number of rotatable bonds is 6. The summed E-state index contributed by atoms with van der Waals surface area (Å²) in [6.45, 7) is 2.35. The summed E-state index contributed by atoms with van der Waals surface area (Å²) in [5.74, 6) is 1.01. The SMILES string of the molecule is CC(C(=O)c1ccc(OCCCl)cc1)c1ccc(Cl)cc1. The minimum Gasteiger partial charge on any atom is -0.492 e. The van der Waals surface area contributed by atoms with Gasteiger partial charge in [-0.15, -0.1) is 11.6 Å². The van der Waals surface area contributed by atoms with Crippen LogP contribution in [0.4, 0.5) is 0 Å². The first-order valence-electron chi connectivity index (χ1n) is 6.70. The fourth-order valence-electron chi connectivity index (χ4n) is 2.02. The molecule has 1 atom stereocenters. The van der Waals surface area contributed by atoms with Gasteiger partial charge in [0.05, 0.1) is 5.88 Å². The second-order valence-electron chi connectivity index (χ2n) is 4.70. The molecule has 4 heteroatoms. The van der Waals surface area contributed by atoms with Crippen molar-refractivity contribution in [3.8, 4) is 5.75 Å². The van der Waals surface area contributed by atoms with E-state index in [2.05, 4.69) is 0 Å². The first kappa shape index (κ1) is 15.9. The summed E-state index contributed by atoms with van der Waals surface area (Å²) >= 11 is 11.4. The summed E-state index contributed by atoms with van der Waals surface area (Å²) < 4.78 is 5.39. The monoisotopic (exact) mass is 322 g/mol. The third kappa shape index (κ3) is 4.23. The number of hydrogen-bond acceptors (Lipinski definition) is 2. The average Bonchev–Trinajstić information content (AvgIpc) is 2.53. The molecule has 0 radical (unpaired) electrons. The lowest BCUT2D eigenvalue weighted by Gasteiger charge is -2.12. The molecule has 0 aliphatic heterocycles. The fourth-order valence-corrected chi connectivity index (χ4v) is 2.23. The third-order valence-corrected chi connectivity index (χ3v) is 3.65. The van der Waals surface area contributed by atoms with Crippen molar-refractivity contribution in [2.45, 2.75) is 12.8 Å². The van der Waals surface area contributed by atoms with Crippen LogP contribution in [-0.4, -0.2) is 18.3 Å². The molecular weight excluding hydrogens is 307 g/mol. The van der Waals surface area contributed by atoms with E-state index in [0.717, 1.165) is 5.56 Å². The maximum atomic E-state index is 12.5. The molecule has 2 rings (SSSR count). The molecule has 0 spiro atoms. The summed E-state index contributed by atoms with van der Waals surface area (Å²) in [5.41, 5.74) is 1.61. The summed E-state index contributed by atoms with van der Waals surface area (Å²) in [6.07, 6.45) is 0. The molecule has 1 unspecified atom stereocenters. The summed E-state index contributed by atoms with van der Waals surface area (Å²) in [5, 5.41) is 0.666. The van der Waals surface area contributed by atoms with Crippen LogP contribution in [0.3, 0.4) is 0 Å². The molecule has 0 fully saturated rings. The van der Waals surface area contributed by atoms with Gasteiger partial charge in [-0.2, -0.15) is 0 Å². The molecule has 0 saturated carbocycles. The van der Waals surface area contributed by atoms with Gasteiger partial charge in [-0.1, -0.05) is 30.7 Å². The zero-order valence-corrected chi connectivity index (χ0v) is 13.2. The van der Waals surface area contributed by atoms with Gasteiger partial charge in [0.15, 0.2) is 5.78 Å². The van der Waals surface area contributed by atoms with Crippen LogP contribution >= 0.6 is 23.2 Å². The number of carbonyl (C=O) groups is 1. The van der Waals surface area contributed by atoms with Crippen LogP contribution in [0.15, 0.2) is 48.5 Å². The Hall–Kier alpha value is -1.51. The van der Waals surface area contributed by atoms with Crippen molar-refractivity contribution in [1.82, 2.24) is 0 Å². The number of hydrogen-bond donors (Lipinski definition) is 0. The van der Waals surface area contributed by atoms with Crippen LogP contribution in [0.5, 0.6) is 5.75 Å². The van der Waals surface area contributed by atoms with Crippen molar-refractivity contribution < 1.29 is 9.53 Å². The van der Waals surface area contributed by atoms with Crippen molar-refractivity contribution in [1.29, 1.82) is 0 Å². The van der Waals surface area contributed by atoms with Crippen LogP contribution in [0.25, 0.3) is 0 Å². The maximum absolute atomic E-state index is 12.5. The van der Waals surface area contributed by atoms with Gasteiger partial charge < -0.3 is 4.74 Å². The van der Waals surface area contributed by atoms with Crippen LogP contribution in [-0.2, 0) is 0 Å². The van der Waals surface area contributed by atoms with Crippen molar-refractivity contribution >= 4 is 29.0 Å². The second kappa shape index (κ2) is 7.48. The number of ether oxygens (including phenoxy) is 1. The van der Waals surface area contributed by atoms with Gasteiger partial charge in [-0.3, -0.25) is 4.79 Å². The van der Waals surface area contributed by atoms with E-state index >= 15 is 0 Å². The minimum absolute atomic E-state index is 0.0706. The zero-order chi connectivity index (χ0) is 15.2. The largest absolute Gasteiger partial charge is 0.492 e. The van der Waals surface area contributed by atoms with E-state index in [1.54, 1.807) is 36.4 Å². The minimum atomic E-state index is -0.211. The molecule has 2 aromatic carbocycles. The summed E-state index contributed by atoms with van der Waals surface area (Å²) in [4.78, 5) is 12.5. The van der Waals surface area contributed by atoms with Crippen LogP contribution in [0.2, 0.25) is 5.02 Å². The van der Waals surface area contributed by atoms with E-state index in [-0.39, 0.29) is 11.7 Å². The Kier molecular flexibility index (Phi) is 5.66. The number of halogens is 2. The van der Waals surface area contributed by atoms with Gasteiger partial charge in [0.1, 0.15) is 12.4 Å². The van der Waals surface area contributed by atoms with Crippen molar-refractivity contribution in [3.05, 3.63) is 64.7 Å². The zero-order valence-electron chi connectivity index (χ0n) is 11.7. The molecular formula is C17H16Cl2O2. The topological polar surface area (TPSA) is 26.3 Å². The molecule has 0 bridgehead atoms. The molecule has 21 heavy (non-hydrogen) atoms. The Morgan fingerprint density at radius 1 is 1.10 bits per heavy atom. The molecule has 0 aliphatic carbocycles. The molecule has 2 nitrogen and oxygen atoms in total. The maximum Gasteiger partial charge on any atom is 0.170 e. The predicted molar refractivity (Wildman–Crippen MR) is 86.9 cm³/mol. The van der Waals surface area contributed by atoms with Crippen molar-refractivity contribution in [3.63, 3.8) is 0 Å². The normalized spacial score (nSPS) is 12.0. The van der Waals surface area contributed by atoms with E-state index < -0.39 is 0 Å². The van der Waals surface area contributed by atoms with Gasteiger partial charge in [0.25, 0.3) is 0 Å². The predicted octanol–water partition coefficient (Wildman–Crippen LogP) is 4.94. The average molecular weight is 323 g/mol. The highest BCUT2D eigenvalue weighted by Crippen LogP contribution is 2.23. The first-order chi connectivity index (χ1) is 10.1. The van der Waals surface area contributed by atoms with Gasteiger partial charge in [0.2, 0.25) is 0 Å². The third-order valence-electron chi connectivity index (χ3n) is 3.25. The van der Waals surface area contributed by atoms with E-state index in [1.165, 1.54) is 0 Å². The summed E-state index contributed by atoms with van der Waals surface area (Å²) in [7, 11) is 0. The molecule has 0 amide bonds. The van der Waals surface area contributed by atoms with Crippen molar-refractivity contribution in [2.24, 2.45) is 0 Å². The Morgan fingerprint density at radius 3 is 2.29 bits per heavy atom. The molecule has 0 aliphatic rings.